The van der Waals surface area contributed by atoms with Gasteiger partial charge in [0.2, 0.25) is 17.7 Å². The molecule has 0 bridgehead atoms. The van der Waals surface area contributed by atoms with Gasteiger partial charge in [-0.1, -0.05) is 0 Å². The molecule has 0 aliphatic heterocycles. The maximum Gasteiger partial charge on any atom is 0.306 e. The predicted octanol–water partition coefficient (Wildman–Crippen LogP) is 3.87. The van der Waals surface area contributed by atoms with E-state index in [-0.39, 0.29) is 43.0 Å². The van der Waals surface area contributed by atoms with Gasteiger partial charge in [-0.15, -0.1) is 0 Å². The van der Waals surface area contributed by atoms with Gasteiger partial charge >= 0.3 is 5.97 Å². The van der Waals surface area contributed by atoms with Crippen LogP contribution in [0.2, 0.25) is 0 Å². The maximum absolute atomic E-state index is 12.6. The van der Waals surface area contributed by atoms with Crippen molar-refractivity contribution in [1.82, 2.24) is 16.0 Å². The van der Waals surface area contributed by atoms with Crippen LogP contribution >= 0.6 is 0 Å². The smallest absolute Gasteiger partial charge is 0.306 e. The summed E-state index contributed by atoms with van der Waals surface area (Å²) in [6, 6.07) is 0. The SMILES string of the molecule is CC(C)(N)CCC(=O)NC(C)(C)CCC(=O)NC(C)(C)CCC(=O)NC(C)(C)CCC(=O)OC(C)(C)C. The Hall–Kier alpha value is -2.16. The van der Waals surface area contributed by atoms with Crippen molar-refractivity contribution in [2.45, 2.75) is 155 Å². The zero-order valence-electron chi connectivity index (χ0n) is 25.3. The van der Waals surface area contributed by atoms with E-state index in [4.69, 9.17) is 10.5 Å². The average Bonchev–Trinajstić information content (AvgIpc) is 2.65. The Morgan fingerprint density at radius 2 is 0.838 bits per heavy atom. The number of nitrogens with two attached hydrogens (primary N) is 1. The fraction of sp³-hybridized carbons (Fsp3) is 0.857. The van der Waals surface area contributed by atoms with E-state index in [2.05, 4.69) is 16.0 Å². The van der Waals surface area contributed by atoms with E-state index in [1.807, 2.05) is 76.2 Å². The molecule has 0 rings (SSSR count). The molecule has 0 saturated heterocycles. The fourth-order valence-electron chi connectivity index (χ4n) is 3.60. The molecule has 3 amide bonds. The predicted molar refractivity (Wildman–Crippen MR) is 148 cm³/mol. The van der Waals surface area contributed by atoms with Gasteiger partial charge in [-0.3, -0.25) is 19.2 Å². The molecule has 0 aromatic carbocycles. The summed E-state index contributed by atoms with van der Waals surface area (Å²) in [6.07, 6.45) is 3.04. The molecule has 5 N–H and O–H groups in total. The molecule has 0 heterocycles. The topological polar surface area (TPSA) is 140 Å². The van der Waals surface area contributed by atoms with Crippen LogP contribution < -0.4 is 21.7 Å². The van der Waals surface area contributed by atoms with Crippen molar-refractivity contribution in [3.8, 4) is 0 Å². The maximum atomic E-state index is 12.6. The van der Waals surface area contributed by atoms with E-state index >= 15 is 0 Å². The van der Waals surface area contributed by atoms with Gasteiger partial charge in [0.25, 0.3) is 0 Å². The summed E-state index contributed by atoms with van der Waals surface area (Å²) < 4.78 is 5.33. The first-order valence-corrected chi connectivity index (χ1v) is 13.3. The van der Waals surface area contributed by atoms with Crippen molar-refractivity contribution < 1.29 is 23.9 Å². The highest BCUT2D eigenvalue weighted by Gasteiger charge is 2.28. The van der Waals surface area contributed by atoms with E-state index in [1.165, 1.54) is 0 Å². The molecule has 0 fully saturated rings. The van der Waals surface area contributed by atoms with E-state index < -0.39 is 27.8 Å². The first-order valence-electron chi connectivity index (χ1n) is 13.3. The Bertz CT molecular complexity index is 789. The van der Waals surface area contributed by atoms with Gasteiger partial charge in [-0.05, 0) is 102 Å². The minimum Gasteiger partial charge on any atom is -0.460 e. The highest BCUT2D eigenvalue weighted by molar-refractivity contribution is 5.79. The van der Waals surface area contributed by atoms with E-state index in [0.29, 0.717) is 32.1 Å². The first kappa shape index (κ1) is 34.8. The number of amides is 3. The van der Waals surface area contributed by atoms with Gasteiger partial charge in [-0.2, -0.15) is 0 Å². The number of ether oxygens (including phenoxy) is 1. The van der Waals surface area contributed by atoms with Crippen LogP contribution in [0.25, 0.3) is 0 Å². The summed E-state index contributed by atoms with van der Waals surface area (Å²) >= 11 is 0. The summed E-state index contributed by atoms with van der Waals surface area (Å²) in [7, 11) is 0. The highest BCUT2D eigenvalue weighted by atomic mass is 16.6. The number of rotatable bonds is 15. The molecular weight excluding hydrogens is 472 g/mol. The first-order chi connectivity index (χ1) is 16.4. The molecule has 0 unspecified atom stereocenters. The quantitative estimate of drug-likeness (QED) is 0.239. The monoisotopic (exact) mass is 526 g/mol. The van der Waals surface area contributed by atoms with E-state index in [1.54, 1.807) is 0 Å². The van der Waals surface area contributed by atoms with Gasteiger partial charge in [0.05, 0.1) is 0 Å². The third kappa shape index (κ3) is 19.6. The summed E-state index contributed by atoms with van der Waals surface area (Å²) in [5.74, 6) is -0.639. The Labute approximate surface area is 224 Å². The lowest BCUT2D eigenvalue weighted by molar-refractivity contribution is -0.155. The number of carbonyl (C=O) groups excluding carboxylic acids is 4. The molecule has 9 heteroatoms. The summed E-state index contributed by atoms with van der Waals surface area (Å²) in [4.78, 5) is 49.3. The third-order valence-electron chi connectivity index (χ3n) is 5.76. The minimum absolute atomic E-state index is 0.0794. The summed E-state index contributed by atoms with van der Waals surface area (Å²) in [6.45, 7) is 20.5. The molecular formula is C28H54N4O5. The molecule has 0 atom stereocenters. The lowest BCUT2D eigenvalue weighted by atomic mass is 9.94. The second kappa shape index (κ2) is 13.6. The second-order valence-electron chi connectivity index (χ2n) is 13.9. The Morgan fingerprint density at radius 3 is 1.14 bits per heavy atom. The molecule has 0 aliphatic carbocycles. The van der Waals surface area contributed by atoms with Crippen LogP contribution in [0, 0.1) is 0 Å². The molecule has 216 valence electrons. The second-order valence-corrected chi connectivity index (χ2v) is 13.9. The van der Waals surface area contributed by atoms with Crippen molar-refractivity contribution in [3.05, 3.63) is 0 Å². The molecule has 0 aliphatic rings. The molecule has 9 nitrogen and oxygen atoms in total. The van der Waals surface area contributed by atoms with Gasteiger partial charge in [0.1, 0.15) is 5.60 Å². The van der Waals surface area contributed by atoms with Crippen molar-refractivity contribution in [3.63, 3.8) is 0 Å². The third-order valence-corrected chi connectivity index (χ3v) is 5.76. The van der Waals surface area contributed by atoms with Gasteiger partial charge in [-0.25, -0.2) is 0 Å². The van der Waals surface area contributed by atoms with Crippen LogP contribution in [0.15, 0.2) is 0 Å². The zero-order chi connectivity index (χ0) is 29.3. The Kier molecular flexibility index (Phi) is 12.8. The fourth-order valence-corrected chi connectivity index (χ4v) is 3.60. The van der Waals surface area contributed by atoms with Crippen LogP contribution in [0.4, 0.5) is 0 Å². The van der Waals surface area contributed by atoms with Crippen molar-refractivity contribution in [2.24, 2.45) is 5.73 Å². The van der Waals surface area contributed by atoms with Crippen molar-refractivity contribution >= 4 is 23.7 Å². The average molecular weight is 527 g/mol. The minimum atomic E-state index is -0.574. The van der Waals surface area contributed by atoms with Crippen molar-refractivity contribution in [1.29, 1.82) is 0 Å². The molecule has 0 saturated carbocycles. The number of hydrogen-bond acceptors (Lipinski definition) is 6. The molecule has 0 aromatic rings. The van der Waals surface area contributed by atoms with Gasteiger partial charge in [0, 0.05) is 47.8 Å². The van der Waals surface area contributed by atoms with Gasteiger partial charge < -0.3 is 26.4 Å². The molecule has 0 radical (unpaired) electrons. The Balaban J connectivity index is 4.52. The van der Waals surface area contributed by atoms with Crippen LogP contribution in [0.1, 0.15) is 128 Å². The number of carbonyl (C=O) groups is 4. The standard InChI is InChI=1S/C28H54N4O5/c1-24(2,3)37-23(36)15-19-28(10,11)32-22(35)14-18-27(8,9)31-21(34)13-17-26(6,7)30-20(33)12-16-25(4,5)29/h12-19,29H2,1-11H3,(H,30,33)(H,31,34)(H,32,35). The highest BCUT2D eigenvalue weighted by Crippen LogP contribution is 2.18. The van der Waals surface area contributed by atoms with Crippen LogP contribution in [-0.4, -0.2) is 51.4 Å². The largest absolute Gasteiger partial charge is 0.460 e. The summed E-state index contributed by atoms with van der Waals surface area (Å²) in [5, 5.41) is 8.95. The summed E-state index contributed by atoms with van der Waals surface area (Å²) in [5.41, 5.74) is 3.35. The van der Waals surface area contributed by atoms with Gasteiger partial charge in [0.15, 0.2) is 0 Å². The van der Waals surface area contributed by atoms with Crippen LogP contribution in [-0.2, 0) is 23.9 Å². The lowest BCUT2D eigenvalue weighted by Crippen LogP contribution is -2.48. The number of esters is 1. The van der Waals surface area contributed by atoms with Crippen LogP contribution in [0.5, 0.6) is 0 Å². The Morgan fingerprint density at radius 1 is 0.541 bits per heavy atom. The number of nitrogens with one attached hydrogen (secondary N) is 3. The molecule has 0 aromatic heterocycles. The van der Waals surface area contributed by atoms with Crippen LogP contribution in [0.3, 0.4) is 0 Å². The van der Waals surface area contributed by atoms with E-state index in [9.17, 15) is 19.2 Å². The number of hydrogen-bond donors (Lipinski definition) is 4. The normalized spacial score (nSPS) is 13.1. The zero-order valence-corrected chi connectivity index (χ0v) is 25.3. The van der Waals surface area contributed by atoms with E-state index in [0.717, 1.165) is 0 Å². The molecule has 0 spiro atoms. The van der Waals surface area contributed by atoms with Crippen molar-refractivity contribution in [2.75, 3.05) is 0 Å². The lowest BCUT2D eigenvalue weighted by Gasteiger charge is -2.30. The molecule has 37 heavy (non-hydrogen) atoms.